The molecule has 1 amide bonds. The van der Waals surface area contributed by atoms with E-state index in [1.165, 1.54) is 0 Å². The summed E-state index contributed by atoms with van der Waals surface area (Å²) in [7, 11) is 0. The zero-order chi connectivity index (χ0) is 15.3. The van der Waals surface area contributed by atoms with Crippen LogP contribution in [0, 0.1) is 23.2 Å². The first-order chi connectivity index (χ1) is 9.25. The molecular weight excluding hydrogens is 250 g/mol. The molecule has 0 spiro atoms. The second-order valence-electron chi connectivity index (χ2n) is 7.79. The van der Waals surface area contributed by atoms with E-state index in [1.807, 2.05) is 0 Å². The van der Waals surface area contributed by atoms with E-state index in [1.54, 1.807) is 0 Å². The number of hydrogen-bond acceptors (Lipinski definition) is 2. The van der Waals surface area contributed by atoms with Crippen LogP contribution in [0.1, 0.15) is 66.7 Å². The lowest BCUT2D eigenvalue weighted by atomic mass is 9.69. The highest BCUT2D eigenvalue weighted by molar-refractivity contribution is 5.79. The molecule has 2 N–H and O–H groups in total. The molecule has 1 aliphatic rings. The highest BCUT2D eigenvalue weighted by Crippen LogP contribution is 2.39. The molecule has 1 atom stereocenters. The Bertz CT molecular complexity index is 299. The van der Waals surface area contributed by atoms with Gasteiger partial charge in [-0.3, -0.25) is 4.79 Å². The van der Waals surface area contributed by atoms with Crippen LogP contribution in [0.2, 0.25) is 0 Å². The van der Waals surface area contributed by atoms with Gasteiger partial charge >= 0.3 is 0 Å². The zero-order valence-electron chi connectivity index (χ0n) is 13.9. The predicted octanol–water partition coefficient (Wildman–Crippen LogP) is 3.36. The normalized spacial score (nSPS) is 25.6. The van der Waals surface area contributed by atoms with Gasteiger partial charge in [-0.1, -0.05) is 34.6 Å². The summed E-state index contributed by atoms with van der Waals surface area (Å²) < 4.78 is 0. The summed E-state index contributed by atoms with van der Waals surface area (Å²) in [5, 5.41) is 12.2. The fourth-order valence-corrected chi connectivity index (χ4v) is 3.23. The fourth-order valence-electron chi connectivity index (χ4n) is 3.23. The summed E-state index contributed by atoms with van der Waals surface area (Å²) in [6.07, 6.45) is 5.00. The molecule has 1 rings (SSSR count). The lowest BCUT2D eigenvalue weighted by Gasteiger charge is -2.37. The summed E-state index contributed by atoms with van der Waals surface area (Å²) in [6.45, 7) is 11.2. The van der Waals surface area contributed by atoms with Crippen molar-refractivity contribution in [3.63, 3.8) is 0 Å². The molecule has 0 aliphatic heterocycles. The summed E-state index contributed by atoms with van der Waals surface area (Å²) >= 11 is 0. The topological polar surface area (TPSA) is 49.3 Å². The van der Waals surface area contributed by atoms with Crippen molar-refractivity contribution in [2.75, 3.05) is 6.61 Å². The van der Waals surface area contributed by atoms with Gasteiger partial charge < -0.3 is 10.4 Å². The summed E-state index contributed by atoms with van der Waals surface area (Å²) in [5.41, 5.74) is 0.360. The van der Waals surface area contributed by atoms with Crippen LogP contribution >= 0.6 is 0 Å². The van der Waals surface area contributed by atoms with E-state index in [-0.39, 0.29) is 24.5 Å². The third-order valence-corrected chi connectivity index (χ3v) is 4.90. The van der Waals surface area contributed by atoms with Crippen LogP contribution < -0.4 is 5.32 Å². The Hall–Kier alpha value is -0.570. The maximum absolute atomic E-state index is 12.4. The number of aliphatic hydroxyl groups excluding tert-OH is 1. The SMILES string of the molecule is CC(C)C(CCO)NC(=O)C1CCC(C(C)(C)C)CC1. The average Bonchev–Trinajstić information content (AvgIpc) is 2.37. The van der Waals surface area contributed by atoms with Gasteiger partial charge in [0, 0.05) is 18.6 Å². The van der Waals surface area contributed by atoms with Crippen molar-refractivity contribution in [2.24, 2.45) is 23.2 Å². The Morgan fingerprint density at radius 1 is 1.20 bits per heavy atom. The smallest absolute Gasteiger partial charge is 0.223 e. The molecular formula is C17H33NO2. The van der Waals surface area contributed by atoms with Crippen molar-refractivity contribution >= 4 is 5.91 Å². The number of aliphatic hydroxyl groups is 1. The van der Waals surface area contributed by atoms with Gasteiger partial charge in [-0.15, -0.1) is 0 Å². The molecule has 1 fully saturated rings. The van der Waals surface area contributed by atoms with E-state index < -0.39 is 0 Å². The van der Waals surface area contributed by atoms with Crippen LogP contribution in [0.4, 0.5) is 0 Å². The number of rotatable bonds is 5. The molecule has 0 saturated heterocycles. The summed E-state index contributed by atoms with van der Waals surface area (Å²) in [4.78, 5) is 12.4. The van der Waals surface area contributed by atoms with Gasteiger partial charge in [-0.25, -0.2) is 0 Å². The monoisotopic (exact) mass is 283 g/mol. The van der Waals surface area contributed by atoms with Crippen molar-refractivity contribution < 1.29 is 9.90 Å². The number of nitrogens with one attached hydrogen (secondary N) is 1. The van der Waals surface area contributed by atoms with Crippen molar-refractivity contribution in [3.05, 3.63) is 0 Å². The predicted molar refractivity (Wildman–Crippen MR) is 83.4 cm³/mol. The summed E-state index contributed by atoms with van der Waals surface area (Å²) in [5.74, 6) is 1.49. The van der Waals surface area contributed by atoms with Crippen LogP contribution in [-0.2, 0) is 4.79 Å². The Morgan fingerprint density at radius 3 is 2.15 bits per heavy atom. The first kappa shape index (κ1) is 17.5. The first-order valence-corrected chi connectivity index (χ1v) is 8.17. The third kappa shape index (κ3) is 5.08. The van der Waals surface area contributed by atoms with Crippen LogP contribution in [0.25, 0.3) is 0 Å². The van der Waals surface area contributed by atoms with Crippen molar-refractivity contribution in [1.29, 1.82) is 0 Å². The van der Waals surface area contributed by atoms with Gasteiger partial charge in [0.2, 0.25) is 5.91 Å². The van der Waals surface area contributed by atoms with Crippen molar-refractivity contribution in [3.8, 4) is 0 Å². The van der Waals surface area contributed by atoms with Crippen LogP contribution in [0.3, 0.4) is 0 Å². The Morgan fingerprint density at radius 2 is 1.75 bits per heavy atom. The molecule has 3 heteroatoms. The zero-order valence-corrected chi connectivity index (χ0v) is 13.9. The minimum absolute atomic E-state index is 0.104. The van der Waals surface area contributed by atoms with E-state index in [9.17, 15) is 4.79 Å². The van der Waals surface area contributed by atoms with E-state index in [0.717, 1.165) is 31.6 Å². The molecule has 3 nitrogen and oxygen atoms in total. The molecule has 1 saturated carbocycles. The molecule has 0 radical (unpaired) electrons. The average molecular weight is 283 g/mol. The quantitative estimate of drug-likeness (QED) is 0.813. The van der Waals surface area contributed by atoms with E-state index in [2.05, 4.69) is 39.9 Å². The maximum Gasteiger partial charge on any atom is 0.223 e. The minimum Gasteiger partial charge on any atom is -0.396 e. The highest BCUT2D eigenvalue weighted by Gasteiger charge is 2.33. The minimum atomic E-state index is 0.104. The molecule has 0 bridgehead atoms. The fraction of sp³-hybridized carbons (Fsp3) is 0.941. The number of amides is 1. The Labute approximate surface area is 124 Å². The highest BCUT2D eigenvalue weighted by atomic mass is 16.3. The van der Waals surface area contributed by atoms with E-state index in [0.29, 0.717) is 17.8 Å². The molecule has 0 heterocycles. The second kappa shape index (κ2) is 7.44. The Balaban J connectivity index is 2.46. The Kier molecular flexibility index (Phi) is 6.50. The third-order valence-electron chi connectivity index (χ3n) is 4.90. The molecule has 1 unspecified atom stereocenters. The lowest BCUT2D eigenvalue weighted by molar-refractivity contribution is -0.127. The van der Waals surface area contributed by atoms with Gasteiger partial charge in [0.25, 0.3) is 0 Å². The molecule has 0 aromatic rings. The van der Waals surface area contributed by atoms with Gasteiger partial charge in [0.05, 0.1) is 0 Å². The van der Waals surface area contributed by atoms with Crippen LogP contribution in [0.5, 0.6) is 0 Å². The van der Waals surface area contributed by atoms with Gasteiger partial charge in [0.1, 0.15) is 0 Å². The maximum atomic E-state index is 12.4. The summed E-state index contributed by atoms with van der Waals surface area (Å²) in [6, 6.07) is 0.104. The molecule has 1 aliphatic carbocycles. The van der Waals surface area contributed by atoms with E-state index in [4.69, 9.17) is 5.11 Å². The van der Waals surface area contributed by atoms with Crippen molar-refractivity contribution in [2.45, 2.75) is 72.8 Å². The van der Waals surface area contributed by atoms with Crippen LogP contribution in [0.15, 0.2) is 0 Å². The lowest BCUT2D eigenvalue weighted by Crippen LogP contribution is -2.43. The number of carbonyl (C=O) groups is 1. The largest absolute Gasteiger partial charge is 0.396 e. The standard InChI is InChI=1S/C17H33NO2/c1-12(2)15(10-11-19)18-16(20)13-6-8-14(9-7-13)17(3,4)5/h12-15,19H,6-11H2,1-5H3,(H,18,20). The first-order valence-electron chi connectivity index (χ1n) is 8.17. The number of hydrogen-bond donors (Lipinski definition) is 2. The van der Waals surface area contributed by atoms with E-state index >= 15 is 0 Å². The molecule has 20 heavy (non-hydrogen) atoms. The molecule has 0 aromatic heterocycles. The molecule has 0 aromatic carbocycles. The van der Waals surface area contributed by atoms with Crippen molar-refractivity contribution in [1.82, 2.24) is 5.32 Å². The van der Waals surface area contributed by atoms with Gasteiger partial charge in [-0.05, 0) is 49.4 Å². The number of carbonyl (C=O) groups excluding carboxylic acids is 1. The second-order valence-corrected chi connectivity index (χ2v) is 7.79. The molecule has 118 valence electrons. The van der Waals surface area contributed by atoms with Crippen LogP contribution in [-0.4, -0.2) is 23.7 Å². The van der Waals surface area contributed by atoms with Gasteiger partial charge in [-0.2, -0.15) is 0 Å². The van der Waals surface area contributed by atoms with Gasteiger partial charge in [0.15, 0.2) is 0 Å².